The normalized spacial score (nSPS) is 23.2. The summed E-state index contributed by atoms with van der Waals surface area (Å²) in [4.78, 5) is 26.7. The summed E-state index contributed by atoms with van der Waals surface area (Å²) in [5.74, 6) is 0.0675. The van der Waals surface area contributed by atoms with Crippen LogP contribution in [0.1, 0.15) is 20.8 Å². The fraction of sp³-hybridized carbons (Fsp3) is 0.800. The van der Waals surface area contributed by atoms with Crippen LogP contribution in [0.2, 0.25) is 0 Å². The number of rotatable bonds is 1. The molecule has 1 fully saturated rings. The zero-order chi connectivity index (χ0) is 10.9. The average molecular weight is 198 g/mol. The van der Waals surface area contributed by atoms with E-state index in [-0.39, 0.29) is 23.8 Å². The molecule has 1 aliphatic heterocycles. The third-order valence-electron chi connectivity index (χ3n) is 2.65. The molecule has 1 atom stereocenters. The molecule has 0 aromatic rings. The van der Waals surface area contributed by atoms with Crippen molar-refractivity contribution < 1.29 is 9.59 Å². The van der Waals surface area contributed by atoms with Crippen molar-refractivity contribution >= 4 is 11.8 Å². The molecule has 80 valence electrons. The van der Waals surface area contributed by atoms with E-state index in [4.69, 9.17) is 0 Å². The topological polar surface area (TPSA) is 40.6 Å². The van der Waals surface area contributed by atoms with E-state index in [1.54, 1.807) is 23.8 Å². The van der Waals surface area contributed by atoms with Crippen molar-refractivity contribution in [3.63, 3.8) is 0 Å². The van der Waals surface area contributed by atoms with Crippen LogP contribution in [0.3, 0.4) is 0 Å². The van der Waals surface area contributed by atoms with E-state index in [1.807, 2.05) is 13.8 Å². The second-order valence-electron chi connectivity index (χ2n) is 4.12. The largest absolute Gasteiger partial charge is 0.342 e. The van der Waals surface area contributed by atoms with Crippen LogP contribution in [0, 0.1) is 5.92 Å². The predicted molar refractivity (Wildman–Crippen MR) is 53.7 cm³/mol. The first-order valence-electron chi connectivity index (χ1n) is 5.00. The van der Waals surface area contributed by atoms with Crippen molar-refractivity contribution in [3.8, 4) is 0 Å². The third kappa shape index (κ3) is 1.89. The van der Waals surface area contributed by atoms with E-state index in [1.165, 1.54) is 0 Å². The van der Waals surface area contributed by atoms with Crippen LogP contribution >= 0.6 is 0 Å². The van der Waals surface area contributed by atoms with Crippen molar-refractivity contribution in [3.05, 3.63) is 0 Å². The van der Waals surface area contributed by atoms with E-state index < -0.39 is 0 Å². The van der Waals surface area contributed by atoms with Crippen LogP contribution in [-0.4, -0.2) is 47.8 Å². The Bertz CT molecular complexity index is 251. The molecule has 0 radical (unpaired) electrons. The maximum atomic E-state index is 11.7. The van der Waals surface area contributed by atoms with Gasteiger partial charge in [-0.15, -0.1) is 0 Å². The summed E-state index contributed by atoms with van der Waals surface area (Å²) in [5.41, 5.74) is 0. The first kappa shape index (κ1) is 11.0. The molecule has 1 saturated heterocycles. The summed E-state index contributed by atoms with van der Waals surface area (Å²) in [6, 6.07) is -0.302. The summed E-state index contributed by atoms with van der Waals surface area (Å²) < 4.78 is 0. The standard InChI is InChI=1S/C10H18N2O2/c1-7(2)9(13)12-6-5-11(4)10(14)8(12)3/h7-8H,5-6H2,1-4H3. The van der Waals surface area contributed by atoms with E-state index in [0.717, 1.165) is 0 Å². The molecule has 0 N–H and O–H groups in total. The van der Waals surface area contributed by atoms with Crippen LogP contribution in [0.5, 0.6) is 0 Å². The second kappa shape index (κ2) is 3.98. The molecule has 0 aromatic carbocycles. The minimum absolute atomic E-state index is 0.0326. The lowest BCUT2D eigenvalue weighted by Crippen LogP contribution is -2.57. The van der Waals surface area contributed by atoms with Gasteiger partial charge in [-0.1, -0.05) is 13.8 Å². The zero-order valence-corrected chi connectivity index (χ0v) is 9.28. The van der Waals surface area contributed by atoms with E-state index >= 15 is 0 Å². The number of hydrogen-bond acceptors (Lipinski definition) is 2. The molecule has 0 saturated carbocycles. The maximum Gasteiger partial charge on any atom is 0.244 e. The molecule has 1 heterocycles. The summed E-state index contributed by atoms with van der Waals surface area (Å²) in [6.07, 6.45) is 0. The SMILES string of the molecule is CC(C)C(=O)N1CCN(C)C(=O)C1C. The molecule has 0 aliphatic carbocycles. The number of likely N-dealkylation sites (N-methyl/N-ethyl adjacent to an activating group) is 1. The third-order valence-corrected chi connectivity index (χ3v) is 2.65. The second-order valence-corrected chi connectivity index (χ2v) is 4.12. The van der Waals surface area contributed by atoms with Gasteiger partial charge in [-0.25, -0.2) is 0 Å². The van der Waals surface area contributed by atoms with Crippen molar-refractivity contribution in [1.29, 1.82) is 0 Å². The van der Waals surface area contributed by atoms with Gasteiger partial charge in [-0.2, -0.15) is 0 Å². The van der Waals surface area contributed by atoms with Crippen LogP contribution in [-0.2, 0) is 9.59 Å². The van der Waals surface area contributed by atoms with Gasteiger partial charge in [0.25, 0.3) is 0 Å². The molecule has 4 heteroatoms. The number of nitrogens with zero attached hydrogens (tertiary/aromatic N) is 2. The number of carbonyl (C=O) groups is 2. The minimum Gasteiger partial charge on any atom is -0.342 e. The Balaban J connectivity index is 2.73. The number of hydrogen-bond donors (Lipinski definition) is 0. The average Bonchev–Trinajstić information content (AvgIpc) is 2.13. The Morgan fingerprint density at radius 3 is 2.50 bits per heavy atom. The van der Waals surface area contributed by atoms with Crippen LogP contribution in [0.15, 0.2) is 0 Å². The van der Waals surface area contributed by atoms with Gasteiger partial charge in [0.2, 0.25) is 11.8 Å². The molecule has 4 nitrogen and oxygen atoms in total. The maximum absolute atomic E-state index is 11.7. The molecular weight excluding hydrogens is 180 g/mol. The van der Waals surface area contributed by atoms with E-state index in [2.05, 4.69) is 0 Å². The first-order valence-corrected chi connectivity index (χ1v) is 5.00. The zero-order valence-electron chi connectivity index (χ0n) is 9.28. The summed E-state index contributed by atoms with van der Waals surface area (Å²) >= 11 is 0. The molecule has 0 spiro atoms. The molecule has 0 bridgehead atoms. The summed E-state index contributed by atoms with van der Waals surface area (Å²) in [7, 11) is 1.77. The predicted octanol–water partition coefficient (Wildman–Crippen LogP) is 0.331. The summed E-state index contributed by atoms with van der Waals surface area (Å²) in [5, 5.41) is 0. The molecular formula is C10H18N2O2. The first-order chi connectivity index (χ1) is 6.45. The quantitative estimate of drug-likeness (QED) is 0.609. The minimum atomic E-state index is -0.302. The lowest BCUT2D eigenvalue weighted by molar-refractivity contribution is -0.151. The summed E-state index contributed by atoms with van der Waals surface area (Å²) in [6.45, 7) is 6.80. The lowest BCUT2D eigenvalue weighted by Gasteiger charge is -2.38. The Kier molecular flexibility index (Phi) is 3.13. The van der Waals surface area contributed by atoms with Gasteiger partial charge in [0, 0.05) is 26.1 Å². The van der Waals surface area contributed by atoms with Gasteiger partial charge >= 0.3 is 0 Å². The van der Waals surface area contributed by atoms with Gasteiger partial charge < -0.3 is 9.80 Å². The molecule has 14 heavy (non-hydrogen) atoms. The van der Waals surface area contributed by atoms with E-state index in [9.17, 15) is 9.59 Å². The molecule has 1 rings (SSSR count). The molecule has 0 aromatic heterocycles. The highest BCUT2D eigenvalue weighted by atomic mass is 16.2. The van der Waals surface area contributed by atoms with Gasteiger partial charge in [0.1, 0.15) is 6.04 Å². The number of piperazine rings is 1. The van der Waals surface area contributed by atoms with Crippen LogP contribution in [0.4, 0.5) is 0 Å². The highest BCUT2D eigenvalue weighted by molar-refractivity contribution is 5.89. The Hall–Kier alpha value is -1.06. The van der Waals surface area contributed by atoms with Crippen molar-refractivity contribution in [2.24, 2.45) is 5.92 Å². The molecule has 1 aliphatic rings. The highest BCUT2D eigenvalue weighted by Gasteiger charge is 2.33. The monoisotopic (exact) mass is 198 g/mol. The molecule has 2 amide bonds. The van der Waals surface area contributed by atoms with Crippen LogP contribution in [0.25, 0.3) is 0 Å². The Labute approximate surface area is 84.9 Å². The fourth-order valence-corrected chi connectivity index (χ4v) is 1.65. The highest BCUT2D eigenvalue weighted by Crippen LogP contribution is 2.12. The van der Waals surface area contributed by atoms with Gasteiger partial charge in [0.15, 0.2) is 0 Å². The van der Waals surface area contributed by atoms with Gasteiger partial charge in [0.05, 0.1) is 0 Å². The Morgan fingerprint density at radius 2 is 2.00 bits per heavy atom. The van der Waals surface area contributed by atoms with Crippen molar-refractivity contribution in [1.82, 2.24) is 9.80 Å². The fourth-order valence-electron chi connectivity index (χ4n) is 1.65. The van der Waals surface area contributed by atoms with Crippen LogP contribution < -0.4 is 0 Å². The molecule has 1 unspecified atom stereocenters. The number of carbonyl (C=O) groups excluding carboxylic acids is 2. The lowest BCUT2D eigenvalue weighted by atomic mass is 10.1. The number of amides is 2. The Morgan fingerprint density at radius 1 is 1.43 bits per heavy atom. The van der Waals surface area contributed by atoms with E-state index in [0.29, 0.717) is 13.1 Å². The van der Waals surface area contributed by atoms with Gasteiger partial charge in [-0.3, -0.25) is 9.59 Å². The smallest absolute Gasteiger partial charge is 0.244 e. The van der Waals surface area contributed by atoms with Crippen molar-refractivity contribution in [2.75, 3.05) is 20.1 Å². The van der Waals surface area contributed by atoms with Crippen molar-refractivity contribution in [2.45, 2.75) is 26.8 Å². The van der Waals surface area contributed by atoms with Gasteiger partial charge in [-0.05, 0) is 6.92 Å².